The van der Waals surface area contributed by atoms with Gasteiger partial charge in [-0.1, -0.05) is 60.7 Å². The Labute approximate surface area is 199 Å². The van der Waals surface area contributed by atoms with E-state index in [-0.39, 0.29) is 11.5 Å². The number of ether oxygens (including phenoxy) is 3. The Morgan fingerprint density at radius 2 is 0.971 bits per heavy atom. The van der Waals surface area contributed by atoms with Gasteiger partial charge in [-0.25, -0.2) is 0 Å². The lowest BCUT2D eigenvalue weighted by Gasteiger charge is -2.14. The third kappa shape index (κ3) is 6.84. The second-order valence-electron chi connectivity index (χ2n) is 7.60. The Hall–Kier alpha value is -3.81. The molecule has 0 bridgehead atoms. The third-order valence-electron chi connectivity index (χ3n) is 4.96. The maximum Gasteiger partial charge on any atom is 0.294 e. The molecule has 7 heteroatoms. The van der Waals surface area contributed by atoms with Crippen LogP contribution in [0.3, 0.4) is 0 Å². The molecule has 0 radical (unpaired) electrons. The molecule has 0 saturated heterocycles. The zero-order chi connectivity index (χ0) is 23.8. The van der Waals surface area contributed by atoms with Gasteiger partial charge in [0.25, 0.3) is 10.1 Å². The van der Waals surface area contributed by atoms with E-state index in [0.29, 0.717) is 30.5 Å². The van der Waals surface area contributed by atoms with Crippen LogP contribution in [0.15, 0.2) is 108 Å². The lowest BCUT2D eigenvalue weighted by Crippen LogP contribution is -2.02. The molecule has 0 saturated carbocycles. The largest absolute Gasteiger partial charge is 0.489 e. The molecule has 0 aliphatic heterocycles. The minimum atomic E-state index is -4.25. The van der Waals surface area contributed by atoms with E-state index in [1.165, 1.54) is 24.3 Å². The lowest BCUT2D eigenvalue weighted by molar-refractivity contribution is 0.281. The molecule has 174 valence electrons. The molecular formula is C27H24O6S. The SMILES string of the molecule is O=S(=O)(O)c1ccc(OCc2cc(OCc3ccccc3)cc(OCc3ccccc3)c2)cc1. The first-order valence-electron chi connectivity index (χ1n) is 10.6. The average Bonchev–Trinajstić information content (AvgIpc) is 2.86. The first-order chi connectivity index (χ1) is 16.5. The van der Waals surface area contributed by atoms with Gasteiger partial charge in [0.1, 0.15) is 37.1 Å². The second-order valence-corrected chi connectivity index (χ2v) is 9.02. The predicted octanol–water partition coefficient (Wildman–Crippen LogP) is 5.67. The van der Waals surface area contributed by atoms with Crippen molar-refractivity contribution in [3.8, 4) is 17.2 Å². The van der Waals surface area contributed by atoms with Gasteiger partial charge in [-0.2, -0.15) is 8.42 Å². The van der Waals surface area contributed by atoms with Gasteiger partial charge >= 0.3 is 0 Å². The highest BCUT2D eigenvalue weighted by atomic mass is 32.2. The molecule has 0 atom stereocenters. The highest BCUT2D eigenvalue weighted by molar-refractivity contribution is 7.85. The summed E-state index contributed by atoms with van der Waals surface area (Å²) in [6.45, 7) is 1.05. The molecule has 0 aliphatic rings. The molecule has 0 spiro atoms. The monoisotopic (exact) mass is 476 g/mol. The molecular weight excluding hydrogens is 452 g/mol. The molecule has 4 aromatic rings. The standard InChI is InChI=1S/C27H24O6S/c28-34(29,30)27-13-11-24(12-14-27)31-20-23-15-25(32-18-21-7-3-1-4-8-21)17-26(16-23)33-19-22-9-5-2-6-10-22/h1-17H,18-20H2,(H,28,29,30). The Balaban J connectivity index is 1.48. The van der Waals surface area contributed by atoms with Gasteiger partial charge in [0.05, 0.1) is 4.90 Å². The first kappa shape index (κ1) is 23.4. The smallest absolute Gasteiger partial charge is 0.294 e. The van der Waals surface area contributed by atoms with Crippen molar-refractivity contribution in [2.75, 3.05) is 0 Å². The van der Waals surface area contributed by atoms with E-state index in [9.17, 15) is 8.42 Å². The Morgan fingerprint density at radius 3 is 1.44 bits per heavy atom. The first-order valence-corrected chi connectivity index (χ1v) is 12.1. The molecule has 6 nitrogen and oxygen atoms in total. The summed E-state index contributed by atoms with van der Waals surface area (Å²) in [6.07, 6.45) is 0. The molecule has 4 rings (SSSR count). The Kier molecular flexibility index (Phi) is 7.47. The third-order valence-corrected chi connectivity index (χ3v) is 5.83. The van der Waals surface area contributed by atoms with Crippen molar-refractivity contribution in [3.05, 3.63) is 120 Å². The molecule has 0 heterocycles. The lowest BCUT2D eigenvalue weighted by atomic mass is 10.2. The number of hydrogen-bond acceptors (Lipinski definition) is 5. The molecule has 4 aromatic carbocycles. The van der Waals surface area contributed by atoms with Gasteiger partial charge in [0.2, 0.25) is 0 Å². The predicted molar refractivity (Wildman–Crippen MR) is 129 cm³/mol. The average molecular weight is 477 g/mol. The summed E-state index contributed by atoms with van der Waals surface area (Å²) in [5.41, 5.74) is 2.93. The summed E-state index contributed by atoms with van der Waals surface area (Å²) in [6, 6.07) is 30.9. The van der Waals surface area contributed by atoms with Crippen LogP contribution in [-0.2, 0) is 29.9 Å². The zero-order valence-electron chi connectivity index (χ0n) is 18.3. The summed E-state index contributed by atoms with van der Waals surface area (Å²) in [5.74, 6) is 1.76. The number of benzene rings is 4. The van der Waals surface area contributed by atoms with Crippen LogP contribution < -0.4 is 14.2 Å². The molecule has 0 unspecified atom stereocenters. The fourth-order valence-corrected chi connectivity index (χ4v) is 3.72. The summed E-state index contributed by atoms with van der Waals surface area (Å²) < 4.78 is 49.4. The van der Waals surface area contributed by atoms with Crippen LogP contribution in [0, 0.1) is 0 Å². The summed E-state index contributed by atoms with van der Waals surface area (Å²) >= 11 is 0. The van der Waals surface area contributed by atoms with Crippen molar-refractivity contribution in [2.45, 2.75) is 24.7 Å². The van der Waals surface area contributed by atoms with E-state index in [1.807, 2.05) is 78.9 Å². The van der Waals surface area contributed by atoms with E-state index >= 15 is 0 Å². The summed E-state index contributed by atoms with van der Waals surface area (Å²) in [5, 5.41) is 0. The molecule has 0 fully saturated rings. The molecule has 0 amide bonds. The van der Waals surface area contributed by atoms with E-state index in [0.717, 1.165) is 16.7 Å². The van der Waals surface area contributed by atoms with Crippen molar-refractivity contribution >= 4 is 10.1 Å². The number of hydrogen-bond donors (Lipinski definition) is 1. The highest BCUT2D eigenvalue weighted by Crippen LogP contribution is 2.26. The maximum absolute atomic E-state index is 11.2. The van der Waals surface area contributed by atoms with Crippen LogP contribution >= 0.6 is 0 Å². The van der Waals surface area contributed by atoms with Gasteiger partial charge in [-0.3, -0.25) is 4.55 Å². The molecule has 1 N–H and O–H groups in total. The van der Waals surface area contributed by atoms with Crippen molar-refractivity contribution in [3.63, 3.8) is 0 Å². The van der Waals surface area contributed by atoms with E-state index in [1.54, 1.807) is 0 Å². The van der Waals surface area contributed by atoms with E-state index < -0.39 is 10.1 Å². The van der Waals surface area contributed by atoms with Crippen molar-refractivity contribution in [2.24, 2.45) is 0 Å². The highest BCUT2D eigenvalue weighted by Gasteiger charge is 2.10. The normalized spacial score (nSPS) is 11.1. The van der Waals surface area contributed by atoms with Crippen LogP contribution in [0.5, 0.6) is 17.2 Å². The van der Waals surface area contributed by atoms with Gasteiger partial charge in [-0.15, -0.1) is 0 Å². The fourth-order valence-electron chi connectivity index (χ4n) is 3.24. The number of rotatable bonds is 10. The minimum Gasteiger partial charge on any atom is -0.489 e. The van der Waals surface area contributed by atoms with Crippen molar-refractivity contribution in [1.82, 2.24) is 0 Å². The van der Waals surface area contributed by atoms with Crippen molar-refractivity contribution < 1.29 is 27.2 Å². The van der Waals surface area contributed by atoms with Gasteiger partial charge in [0.15, 0.2) is 0 Å². The summed E-state index contributed by atoms with van der Waals surface area (Å²) in [4.78, 5) is -0.187. The van der Waals surface area contributed by atoms with Gasteiger partial charge < -0.3 is 14.2 Å². The van der Waals surface area contributed by atoms with E-state index in [2.05, 4.69) is 0 Å². The van der Waals surface area contributed by atoms with Crippen LogP contribution in [0.1, 0.15) is 16.7 Å². The van der Waals surface area contributed by atoms with Crippen LogP contribution in [0.4, 0.5) is 0 Å². The maximum atomic E-state index is 11.2. The van der Waals surface area contributed by atoms with Gasteiger partial charge in [0, 0.05) is 6.07 Å². The molecule has 0 aromatic heterocycles. The topological polar surface area (TPSA) is 82.1 Å². The zero-order valence-corrected chi connectivity index (χ0v) is 19.1. The van der Waals surface area contributed by atoms with E-state index in [4.69, 9.17) is 18.8 Å². The molecule has 34 heavy (non-hydrogen) atoms. The molecule has 0 aliphatic carbocycles. The van der Waals surface area contributed by atoms with Gasteiger partial charge in [-0.05, 0) is 53.1 Å². The minimum absolute atomic E-state index is 0.187. The van der Waals surface area contributed by atoms with Crippen LogP contribution in [0.2, 0.25) is 0 Å². The van der Waals surface area contributed by atoms with Crippen LogP contribution in [-0.4, -0.2) is 13.0 Å². The Morgan fingerprint density at radius 1 is 0.529 bits per heavy atom. The van der Waals surface area contributed by atoms with Crippen LogP contribution in [0.25, 0.3) is 0 Å². The second kappa shape index (κ2) is 10.9. The fraction of sp³-hybridized carbons (Fsp3) is 0.111. The Bertz CT molecular complexity index is 1240. The summed E-state index contributed by atoms with van der Waals surface area (Å²) in [7, 11) is -4.25. The van der Waals surface area contributed by atoms with Crippen molar-refractivity contribution in [1.29, 1.82) is 0 Å². The quantitative estimate of drug-likeness (QED) is 0.297.